The molecule has 0 radical (unpaired) electrons. The summed E-state index contributed by atoms with van der Waals surface area (Å²) in [5.74, 6) is 1.15. The summed E-state index contributed by atoms with van der Waals surface area (Å²) in [7, 11) is 3.48. The van der Waals surface area contributed by atoms with E-state index in [0.29, 0.717) is 23.8 Å². The Morgan fingerprint density at radius 1 is 1.13 bits per heavy atom. The molecule has 164 valence electrons. The van der Waals surface area contributed by atoms with Crippen LogP contribution in [0.2, 0.25) is 0 Å². The van der Waals surface area contributed by atoms with E-state index in [4.69, 9.17) is 9.47 Å². The van der Waals surface area contributed by atoms with Crippen molar-refractivity contribution in [1.29, 1.82) is 0 Å². The molecule has 4 rings (SSSR count). The Labute approximate surface area is 182 Å². The number of methoxy groups -OCH3 is 1. The number of benzene rings is 2. The summed E-state index contributed by atoms with van der Waals surface area (Å²) in [6, 6.07) is 15.7. The average Bonchev–Trinajstić information content (AvgIpc) is 3.27. The van der Waals surface area contributed by atoms with E-state index in [1.807, 2.05) is 60.1 Å². The highest BCUT2D eigenvalue weighted by molar-refractivity contribution is 5.85. The molecule has 3 aromatic rings. The zero-order chi connectivity index (χ0) is 21.8. The summed E-state index contributed by atoms with van der Waals surface area (Å²) in [6.45, 7) is 2.88. The van der Waals surface area contributed by atoms with E-state index in [9.17, 15) is 9.90 Å². The summed E-state index contributed by atoms with van der Waals surface area (Å²) in [5, 5.41) is 10.1. The van der Waals surface area contributed by atoms with Crippen LogP contribution in [0.3, 0.4) is 0 Å². The zero-order valence-electron chi connectivity index (χ0n) is 18.2. The molecule has 31 heavy (non-hydrogen) atoms. The molecule has 0 saturated carbocycles. The molecule has 1 atom stereocenters. The molecule has 0 unspecified atom stereocenters. The molecule has 1 aromatic heterocycles. The Morgan fingerprint density at radius 3 is 2.65 bits per heavy atom. The second-order valence-corrected chi connectivity index (χ2v) is 8.03. The summed E-state index contributed by atoms with van der Waals surface area (Å²) in [4.78, 5) is 15.3. The third-order valence-corrected chi connectivity index (χ3v) is 6.17. The molecule has 6 heteroatoms. The van der Waals surface area contributed by atoms with Crippen molar-refractivity contribution in [3.8, 4) is 22.8 Å². The molecule has 1 saturated heterocycles. The smallest absolute Gasteiger partial charge is 0.231 e. The minimum absolute atomic E-state index is 0.102. The minimum Gasteiger partial charge on any atom is -0.494 e. The van der Waals surface area contributed by atoms with E-state index in [-0.39, 0.29) is 12.0 Å². The number of hydrogen-bond donors (Lipinski definition) is 1. The van der Waals surface area contributed by atoms with Gasteiger partial charge in [0.15, 0.2) is 5.75 Å². The lowest BCUT2D eigenvalue weighted by atomic mass is 10.1. The third kappa shape index (κ3) is 4.31. The number of aliphatic hydroxyl groups is 1. The Balaban J connectivity index is 1.48. The number of rotatable bonds is 8. The maximum absolute atomic E-state index is 12.9. The highest BCUT2D eigenvalue weighted by atomic mass is 16.5. The van der Waals surface area contributed by atoms with Gasteiger partial charge in [-0.2, -0.15) is 0 Å². The molecular weight excluding hydrogens is 392 g/mol. The second kappa shape index (κ2) is 9.54. The average molecular weight is 423 g/mol. The number of pyridine rings is 1. The predicted octanol–water partition coefficient (Wildman–Crippen LogP) is 3.44. The van der Waals surface area contributed by atoms with E-state index in [1.54, 1.807) is 0 Å². The molecule has 0 aliphatic carbocycles. The molecule has 1 fully saturated rings. The SMILES string of the molecule is COc1c(-c2ccc(OCCCN3CCC[C@H]3CO)cc2)n(C)c2ccccc2c1=O. The molecule has 0 amide bonds. The van der Waals surface area contributed by atoms with Crippen molar-refractivity contribution in [2.45, 2.75) is 25.3 Å². The number of likely N-dealkylation sites (tertiary alicyclic amines) is 1. The van der Waals surface area contributed by atoms with Gasteiger partial charge >= 0.3 is 0 Å². The monoisotopic (exact) mass is 422 g/mol. The van der Waals surface area contributed by atoms with Crippen LogP contribution in [0.15, 0.2) is 53.3 Å². The van der Waals surface area contributed by atoms with Crippen molar-refractivity contribution in [3.05, 3.63) is 58.8 Å². The highest BCUT2D eigenvalue weighted by Gasteiger charge is 2.22. The van der Waals surface area contributed by atoms with Crippen molar-refractivity contribution in [1.82, 2.24) is 9.47 Å². The fraction of sp³-hybridized carbons (Fsp3) is 0.400. The number of hydrogen-bond acceptors (Lipinski definition) is 5. The van der Waals surface area contributed by atoms with Crippen LogP contribution in [-0.2, 0) is 7.05 Å². The quantitative estimate of drug-likeness (QED) is 0.564. The first-order valence-electron chi connectivity index (χ1n) is 10.9. The van der Waals surface area contributed by atoms with Gasteiger partial charge in [0.1, 0.15) is 5.75 Å². The molecule has 0 spiro atoms. The maximum Gasteiger partial charge on any atom is 0.231 e. The van der Waals surface area contributed by atoms with Crippen molar-refractivity contribution >= 4 is 10.9 Å². The second-order valence-electron chi connectivity index (χ2n) is 8.03. The van der Waals surface area contributed by atoms with Crippen LogP contribution in [0.5, 0.6) is 11.5 Å². The number of para-hydroxylation sites is 1. The number of nitrogens with zero attached hydrogens (tertiary/aromatic N) is 2. The van der Waals surface area contributed by atoms with Gasteiger partial charge in [-0.15, -0.1) is 0 Å². The maximum atomic E-state index is 12.9. The van der Waals surface area contributed by atoms with Crippen molar-refractivity contribution in [2.75, 3.05) is 33.4 Å². The van der Waals surface area contributed by atoms with Gasteiger partial charge in [0, 0.05) is 30.6 Å². The number of ether oxygens (including phenoxy) is 2. The fourth-order valence-electron chi connectivity index (χ4n) is 4.54. The minimum atomic E-state index is -0.102. The Morgan fingerprint density at radius 2 is 1.90 bits per heavy atom. The molecule has 0 bridgehead atoms. The zero-order valence-corrected chi connectivity index (χ0v) is 18.2. The first-order chi connectivity index (χ1) is 15.1. The van der Waals surface area contributed by atoms with Crippen molar-refractivity contribution < 1.29 is 14.6 Å². The standard InChI is InChI=1S/C25H30N2O4/c1-26-22-9-4-3-8-21(22)24(29)25(30-2)23(26)18-10-12-20(13-11-18)31-16-6-15-27-14-5-7-19(27)17-28/h3-4,8-13,19,28H,5-7,14-17H2,1-2H3/t19-/m0/s1. The van der Waals surface area contributed by atoms with Crippen LogP contribution in [0.1, 0.15) is 19.3 Å². The van der Waals surface area contributed by atoms with Crippen LogP contribution in [-0.4, -0.2) is 54.0 Å². The van der Waals surface area contributed by atoms with Gasteiger partial charge in [0.05, 0.1) is 31.5 Å². The Hall–Kier alpha value is -2.83. The third-order valence-electron chi connectivity index (χ3n) is 6.17. The molecule has 1 aliphatic rings. The van der Waals surface area contributed by atoms with Gasteiger partial charge in [-0.25, -0.2) is 0 Å². The number of fused-ring (bicyclic) bond motifs is 1. The molecule has 2 aromatic carbocycles. The number of aromatic nitrogens is 1. The summed E-state index contributed by atoms with van der Waals surface area (Å²) in [5.41, 5.74) is 2.42. The summed E-state index contributed by atoms with van der Waals surface area (Å²) in [6.07, 6.45) is 3.17. The van der Waals surface area contributed by atoms with Gasteiger partial charge in [0.2, 0.25) is 5.43 Å². The van der Waals surface area contributed by atoms with Crippen molar-refractivity contribution in [3.63, 3.8) is 0 Å². The largest absolute Gasteiger partial charge is 0.494 e. The first-order valence-corrected chi connectivity index (χ1v) is 10.9. The molecule has 6 nitrogen and oxygen atoms in total. The van der Waals surface area contributed by atoms with Crippen LogP contribution in [0.4, 0.5) is 0 Å². The van der Waals surface area contributed by atoms with Gasteiger partial charge in [0.25, 0.3) is 0 Å². The number of aryl methyl sites for hydroxylation is 1. The van der Waals surface area contributed by atoms with Crippen LogP contribution in [0.25, 0.3) is 22.2 Å². The predicted molar refractivity (Wildman–Crippen MR) is 123 cm³/mol. The lowest BCUT2D eigenvalue weighted by Crippen LogP contribution is -2.33. The fourth-order valence-corrected chi connectivity index (χ4v) is 4.54. The lowest BCUT2D eigenvalue weighted by molar-refractivity contribution is 0.150. The highest BCUT2D eigenvalue weighted by Crippen LogP contribution is 2.31. The van der Waals surface area contributed by atoms with Gasteiger partial charge in [-0.1, -0.05) is 12.1 Å². The van der Waals surface area contributed by atoms with Gasteiger partial charge in [-0.05, 0) is 62.2 Å². The van der Waals surface area contributed by atoms with Gasteiger partial charge in [-0.3, -0.25) is 9.69 Å². The summed E-state index contributed by atoms with van der Waals surface area (Å²) < 4.78 is 13.4. The molecule has 1 N–H and O–H groups in total. The Kier molecular flexibility index (Phi) is 6.59. The topological polar surface area (TPSA) is 63.9 Å². The summed E-state index contributed by atoms with van der Waals surface area (Å²) >= 11 is 0. The number of aliphatic hydroxyl groups excluding tert-OH is 1. The van der Waals surface area contributed by atoms with Gasteiger partial charge < -0.3 is 19.1 Å². The van der Waals surface area contributed by atoms with Crippen LogP contribution in [0, 0.1) is 0 Å². The first kappa shape index (κ1) is 21.4. The molecule has 2 heterocycles. The van der Waals surface area contributed by atoms with Crippen LogP contribution < -0.4 is 14.9 Å². The van der Waals surface area contributed by atoms with E-state index >= 15 is 0 Å². The molecular formula is C25H30N2O4. The van der Waals surface area contributed by atoms with E-state index < -0.39 is 0 Å². The normalized spacial score (nSPS) is 16.7. The lowest BCUT2D eigenvalue weighted by Gasteiger charge is -2.22. The van der Waals surface area contributed by atoms with E-state index in [1.165, 1.54) is 7.11 Å². The van der Waals surface area contributed by atoms with Crippen LogP contribution >= 0.6 is 0 Å². The Bertz CT molecular complexity index is 1090. The van der Waals surface area contributed by atoms with E-state index in [0.717, 1.165) is 54.9 Å². The molecule has 1 aliphatic heterocycles. The van der Waals surface area contributed by atoms with Crippen molar-refractivity contribution in [2.24, 2.45) is 7.05 Å². The van der Waals surface area contributed by atoms with E-state index in [2.05, 4.69) is 4.90 Å².